The molecular weight excluding hydrogens is 574 g/mol. The molecule has 0 bridgehead atoms. The second-order valence-corrected chi connectivity index (χ2v) is 7.76. The van der Waals surface area contributed by atoms with Crippen LogP contribution in [-0.2, 0) is 11.3 Å². The molecule has 2 aromatic rings. The van der Waals surface area contributed by atoms with E-state index >= 15 is 0 Å². The lowest BCUT2D eigenvalue weighted by atomic mass is 10.1. The maximum atomic E-state index is 12.4. The van der Waals surface area contributed by atoms with Crippen molar-refractivity contribution in [2.24, 2.45) is 0 Å². The molecule has 0 atom stereocenters. The third-order valence-electron chi connectivity index (χ3n) is 3.66. The number of phenols is 1. The van der Waals surface area contributed by atoms with E-state index in [-0.39, 0.29) is 17.9 Å². The van der Waals surface area contributed by atoms with Crippen LogP contribution >= 0.6 is 45.2 Å². The fourth-order valence-electron chi connectivity index (χ4n) is 2.27. The van der Waals surface area contributed by atoms with Gasteiger partial charge in [-0.3, -0.25) is 4.79 Å². The van der Waals surface area contributed by atoms with Gasteiger partial charge in [-0.2, -0.15) is 5.26 Å². The Morgan fingerprint density at radius 3 is 2.63 bits per heavy atom. The predicted octanol–water partition coefficient (Wildman–Crippen LogP) is 3.84. The number of ether oxygens (including phenoxy) is 2. The summed E-state index contributed by atoms with van der Waals surface area (Å²) in [5, 5.41) is 22.2. The molecule has 2 aromatic carbocycles. The number of nitriles is 1. The smallest absolute Gasteiger partial charge is 0.262 e. The number of methoxy groups -OCH3 is 2. The highest BCUT2D eigenvalue weighted by Crippen LogP contribution is 2.29. The monoisotopic (exact) mass is 590 g/mol. The van der Waals surface area contributed by atoms with Gasteiger partial charge < -0.3 is 19.9 Å². The van der Waals surface area contributed by atoms with Crippen LogP contribution < -0.4 is 14.8 Å². The SMILES string of the molecule is COc1ccc(CNC(=O)/C(C#N)=C/c2cc(I)cc(I)c2O)c(OC)c1. The zero-order chi connectivity index (χ0) is 20.0. The lowest BCUT2D eigenvalue weighted by Gasteiger charge is -2.11. The minimum atomic E-state index is -0.538. The Kier molecular flexibility index (Phi) is 7.73. The molecule has 0 fully saturated rings. The second kappa shape index (κ2) is 9.80. The molecule has 0 spiro atoms. The number of nitrogens with zero attached hydrogens (tertiary/aromatic N) is 1. The average Bonchev–Trinajstić information content (AvgIpc) is 2.67. The van der Waals surface area contributed by atoms with Crippen LogP contribution in [0.25, 0.3) is 6.08 Å². The van der Waals surface area contributed by atoms with Crippen LogP contribution in [0.2, 0.25) is 0 Å². The van der Waals surface area contributed by atoms with Gasteiger partial charge in [0.05, 0.1) is 17.8 Å². The molecule has 140 valence electrons. The average molecular weight is 590 g/mol. The van der Waals surface area contributed by atoms with Crippen molar-refractivity contribution in [1.29, 1.82) is 5.26 Å². The number of carbonyl (C=O) groups is 1. The van der Waals surface area contributed by atoms with Crippen molar-refractivity contribution in [2.45, 2.75) is 6.54 Å². The molecule has 6 nitrogen and oxygen atoms in total. The molecule has 2 rings (SSSR count). The van der Waals surface area contributed by atoms with E-state index in [0.717, 1.165) is 9.13 Å². The summed E-state index contributed by atoms with van der Waals surface area (Å²) in [7, 11) is 3.09. The van der Waals surface area contributed by atoms with E-state index in [0.29, 0.717) is 20.6 Å². The Labute approximate surface area is 184 Å². The number of rotatable bonds is 6. The highest BCUT2D eigenvalue weighted by Gasteiger charge is 2.13. The van der Waals surface area contributed by atoms with Gasteiger partial charge in [-0.25, -0.2) is 0 Å². The fraction of sp³-hybridized carbons (Fsp3) is 0.158. The number of hydrogen-bond donors (Lipinski definition) is 2. The van der Waals surface area contributed by atoms with Gasteiger partial charge in [-0.1, -0.05) is 0 Å². The van der Waals surface area contributed by atoms with Gasteiger partial charge in [-0.05, 0) is 75.5 Å². The minimum absolute atomic E-state index is 0.0355. The van der Waals surface area contributed by atoms with Crippen molar-refractivity contribution in [3.8, 4) is 23.3 Å². The van der Waals surface area contributed by atoms with E-state index in [2.05, 4.69) is 27.9 Å². The molecule has 0 unspecified atom stereocenters. The van der Waals surface area contributed by atoms with Gasteiger partial charge in [-0.15, -0.1) is 0 Å². The topological polar surface area (TPSA) is 91.6 Å². The summed E-state index contributed by atoms with van der Waals surface area (Å²) in [4.78, 5) is 12.4. The van der Waals surface area contributed by atoms with Gasteiger partial charge in [0, 0.05) is 27.3 Å². The number of nitrogens with one attached hydrogen (secondary N) is 1. The number of aromatic hydroxyl groups is 1. The highest BCUT2D eigenvalue weighted by molar-refractivity contribution is 14.1. The summed E-state index contributed by atoms with van der Waals surface area (Å²) in [6.07, 6.45) is 1.38. The number of phenolic OH excluding ortho intramolecular Hbond substituents is 1. The zero-order valence-corrected chi connectivity index (χ0v) is 18.9. The quantitative estimate of drug-likeness (QED) is 0.303. The molecule has 0 saturated carbocycles. The number of amides is 1. The molecule has 0 aliphatic carbocycles. The van der Waals surface area contributed by atoms with Crippen LogP contribution in [0.3, 0.4) is 0 Å². The molecule has 0 heterocycles. The Balaban J connectivity index is 2.21. The Bertz CT molecular complexity index is 936. The van der Waals surface area contributed by atoms with Crippen LogP contribution in [0.15, 0.2) is 35.9 Å². The highest BCUT2D eigenvalue weighted by atomic mass is 127. The summed E-state index contributed by atoms with van der Waals surface area (Å²) < 4.78 is 12.0. The number of halogens is 2. The van der Waals surface area contributed by atoms with E-state index < -0.39 is 5.91 Å². The van der Waals surface area contributed by atoms with Gasteiger partial charge in [0.1, 0.15) is 28.9 Å². The van der Waals surface area contributed by atoms with Crippen LogP contribution in [0.4, 0.5) is 0 Å². The van der Waals surface area contributed by atoms with Gasteiger partial charge >= 0.3 is 0 Å². The minimum Gasteiger partial charge on any atom is -0.506 e. The van der Waals surface area contributed by atoms with Crippen LogP contribution in [0.1, 0.15) is 11.1 Å². The summed E-state index contributed by atoms with van der Waals surface area (Å²) >= 11 is 4.11. The molecular formula is C19H16I2N2O4. The van der Waals surface area contributed by atoms with E-state index in [1.165, 1.54) is 13.2 Å². The Morgan fingerprint density at radius 2 is 2.00 bits per heavy atom. The van der Waals surface area contributed by atoms with Gasteiger partial charge in [0.2, 0.25) is 0 Å². The maximum absolute atomic E-state index is 12.4. The normalized spacial score (nSPS) is 10.9. The Morgan fingerprint density at radius 1 is 1.26 bits per heavy atom. The molecule has 1 amide bonds. The first-order valence-corrected chi connectivity index (χ1v) is 9.84. The van der Waals surface area contributed by atoms with Crippen LogP contribution in [0, 0.1) is 18.5 Å². The third-order valence-corrected chi connectivity index (χ3v) is 5.10. The molecule has 0 saturated heterocycles. The van der Waals surface area contributed by atoms with Crippen molar-refractivity contribution in [3.63, 3.8) is 0 Å². The van der Waals surface area contributed by atoms with Gasteiger partial charge in [0.25, 0.3) is 5.91 Å². The standard InChI is InChI=1S/C19H16I2N2O4/c1-26-15-4-3-11(17(8-15)27-2)10-23-19(25)13(9-22)5-12-6-14(20)7-16(21)18(12)24/h3-8,24H,10H2,1-2H3,(H,23,25)/b13-5+. The lowest BCUT2D eigenvalue weighted by Crippen LogP contribution is -2.24. The first kappa shape index (κ1) is 21.3. The number of benzene rings is 2. The van der Waals surface area contributed by atoms with Crippen LogP contribution in [0.5, 0.6) is 17.2 Å². The number of carbonyl (C=O) groups excluding carboxylic acids is 1. The van der Waals surface area contributed by atoms with Gasteiger partial charge in [0.15, 0.2) is 0 Å². The molecule has 0 aliphatic heterocycles. The third kappa shape index (κ3) is 5.49. The number of hydrogen-bond acceptors (Lipinski definition) is 5. The fourth-order valence-corrected chi connectivity index (χ4v) is 4.16. The molecule has 27 heavy (non-hydrogen) atoms. The summed E-state index contributed by atoms with van der Waals surface area (Å²) in [5.74, 6) is 0.710. The molecule has 0 aliphatic rings. The first-order chi connectivity index (χ1) is 12.9. The first-order valence-electron chi connectivity index (χ1n) is 7.68. The van der Waals surface area contributed by atoms with Crippen molar-refractivity contribution in [1.82, 2.24) is 5.32 Å². The summed E-state index contributed by atoms with van der Waals surface area (Å²) in [6, 6.07) is 10.6. The summed E-state index contributed by atoms with van der Waals surface area (Å²) in [5.41, 5.74) is 1.06. The Hall–Kier alpha value is -2.00. The zero-order valence-electron chi connectivity index (χ0n) is 14.5. The van der Waals surface area contributed by atoms with Crippen molar-refractivity contribution >= 4 is 57.2 Å². The van der Waals surface area contributed by atoms with Crippen molar-refractivity contribution < 1.29 is 19.4 Å². The van der Waals surface area contributed by atoms with Crippen molar-refractivity contribution in [3.05, 3.63) is 54.2 Å². The molecule has 0 aromatic heterocycles. The maximum Gasteiger partial charge on any atom is 0.262 e. The summed E-state index contributed by atoms with van der Waals surface area (Å²) in [6.45, 7) is 0.181. The van der Waals surface area contributed by atoms with E-state index in [4.69, 9.17) is 9.47 Å². The molecule has 0 radical (unpaired) electrons. The van der Waals surface area contributed by atoms with E-state index in [1.54, 1.807) is 37.4 Å². The van der Waals surface area contributed by atoms with E-state index in [9.17, 15) is 15.2 Å². The van der Waals surface area contributed by atoms with Crippen molar-refractivity contribution in [2.75, 3.05) is 14.2 Å². The molecule has 8 heteroatoms. The second-order valence-electron chi connectivity index (χ2n) is 5.36. The van der Waals surface area contributed by atoms with Crippen LogP contribution in [-0.4, -0.2) is 25.2 Å². The predicted molar refractivity (Wildman–Crippen MR) is 119 cm³/mol. The largest absolute Gasteiger partial charge is 0.506 e. The lowest BCUT2D eigenvalue weighted by molar-refractivity contribution is -0.117. The molecule has 2 N–H and O–H groups in total. The van der Waals surface area contributed by atoms with E-state index in [1.807, 2.05) is 28.7 Å².